The molecular weight excluding hydrogens is 320 g/mol. The van der Waals surface area contributed by atoms with Crippen LogP contribution in [0.15, 0.2) is 0 Å². The maximum absolute atomic E-state index is 12.1. The van der Waals surface area contributed by atoms with Crippen LogP contribution in [0.4, 0.5) is 0 Å². The standard InChI is InChI=1S/C20H32O5/c1-16(15(22)23)6-3-7-17(2)14(16)5-8-18-10-13(4-9-20(17,18)25)19(24,11-18)12-21/h13-14,21,24-25H,3-12H2,1-2H3,(H,22,23)/t13-,14+,16+,17+,18-,19-,20+/m0/s1. The number of aliphatic hydroxyl groups is 3. The molecule has 5 nitrogen and oxygen atoms in total. The Labute approximate surface area is 149 Å². The smallest absolute Gasteiger partial charge is 0.309 e. The van der Waals surface area contributed by atoms with E-state index in [-0.39, 0.29) is 23.9 Å². The maximum Gasteiger partial charge on any atom is 0.309 e. The van der Waals surface area contributed by atoms with Gasteiger partial charge in [0.1, 0.15) is 0 Å². The van der Waals surface area contributed by atoms with Gasteiger partial charge in [-0.05, 0) is 70.1 Å². The van der Waals surface area contributed by atoms with Gasteiger partial charge >= 0.3 is 5.97 Å². The van der Waals surface area contributed by atoms with Crippen molar-refractivity contribution in [1.29, 1.82) is 0 Å². The lowest BCUT2D eigenvalue weighted by molar-refractivity contribution is -0.262. The number of aliphatic hydroxyl groups excluding tert-OH is 1. The van der Waals surface area contributed by atoms with Crippen molar-refractivity contribution in [3.05, 3.63) is 0 Å². The van der Waals surface area contributed by atoms with Crippen LogP contribution in [-0.2, 0) is 4.79 Å². The summed E-state index contributed by atoms with van der Waals surface area (Å²) < 4.78 is 0. The van der Waals surface area contributed by atoms with Crippen LogP contribution >= 0.6 is 0 Å². The first-order chi connectivity index (χ1) is 11.6. The molecule has 4 saturated carbocycles. The first-order valence-corrected chi connectivity index (χ1v) is 9.86. The minimum absolute atomic E-state index is 0.0405. The Morgan fingerprint density at radius 1 is 1.08 bits per heavy atom. The molecule has 0 saturated heterocycles. The molecule has 25 heavy (non-hydrogen) atoms. The lowest BCUT2D eigenvalue weighted by Gasteiger charge is -2.67. The Morgan fingerprint density at radius 2 is 1.80 bits per heavy atom. The second-order valence-electron chi connectivity index (χ2n) is 10.1. The van der Waals surface area contributed by atoms with Crippen LogP contribution in [0.5, 0.6) is 0 Å². The van der Waals surface area contributed by atoms with Gasteiger partial charge < -0.3 is 20.4 Å². The highest BCUT2D eigenvalue weighted by atomic mass is 16.4. The molecule has 0 heterocycles. The van der Waals surface area contributed by atoms with E-state index in [9.17, 15) is 25.2 Å². The molecule has 5 heteroatoms. The van der Waals surface area contributed by atoms with Gasteiger partial charge in [0.2, 0.25) is 0 Å². The van der Waals surface area contributed by atoms with Crippen LogP contribution in [0.25, 0.3) is 0 Å². The normalized spacial score (nSPS) is 57.6. The fourth-order valence-electron chi connectivity index (χ4n) is 7.95. The molecule has 0 aliphatic heterocycles. The summed E-state index contributed by atoms with van der Waals surface area (Å²) in [6.07, 6.45) is 6.42. The monoisotopic (exact) mass is 352 g/mol. The molecule has 4 rings (SSSR count). The quantitative estimate of drug-likeness (QED) is 0.611. The molecule has 4 aliphatic carbocycles. The Kier molecular flexibility index (Phi) is 3.54. The van der Waals surface area contributed by atoms with Crippen LogP contribution in [0.2, 0.25) is 0 Å². The molecule has 4 fully saturated rings. The Balaban J connectivity index is 1.80. The molecule has 0 aromatic heterocycles. The van der Waals surface area contributed by atoms with Crippen LogP contribution in [0.1, 0.15) is 71.6 Å². The predicted octanol–water partition coefficient (Wildman–Crippen LogP) is 2.32. The van der Waals surface area contributed by atoms with Crippen molar-refractivity contribution >= 4 is 5.97 Å². The van der Waals surface area contributed by atoms with E-state index in [0.717, 1.165) is 32.1 Å². The van der Waals surface area contributed by atoms with Crippen molar-refractivity contribution in [3.8, 4) is 0 Å². The highest BCUT2D eigenvalue weighted by molar-refractivity contribution is 5.75. The fraction of sp³-hybridized carbons (Fsp3) is 0.950. The topological polar surface area (TPSA) is 98.0 Å². The number of aliphatic carboxylic acids is 1. The van der Waals surface area contributed by atoms with Crippen LogP contribution in [0, 0.1) is 28.1 Å². The largest absolute Gasteiger partial charge is 0.481 e. The summed E-state index contributed by atoms with van der Waals surface area (Å²) in [6, 6.07) is 0. The summed E-state index contributed by atoms with van der Waals surface area (Å²) in [4.78, 5) is 12.1. The van der Waals surface area contributed by atoms with Crippen molar-refractivity contribution in [3.63, 3.8) is 0 Å². The highest BCUT2D eigenvalue weighted by Gasteiger charge is 2.74. The second-order valence-corrected chi connectivity index (χ2v) is 10.1. The molecule has 2 bridgehead atoms. The average molecular weight is 352 g/mol. The number of carbonyl (C=O) groups is 1. The molecule has 7 atom stereocenters. The molecule has 1 spiro atoms. The van der Waals surface area contributed by atoms with Crippen LogP contribution in [-0.4, -0.2) is 44.2 Å². The molecule has 0 unspecified atom stereocenters. The molecule has 4 aliphatic rings. The number of carboxylic acids is 1. The predicted molar refractivity (Wildman–Crippen MR) is 91.8 cm³/mol. The van der Waals surface area contributed by atoms with Crippen molar-refractivity contribution in [1.82, 2.24) is 0 Å². The number of rotatable bonds is 2. The van der Waals surface area contributed by atoms with Gasteiger partial charge in [-0.25, -0.2) is 0 Å². The minimum Gasteiger partial charge on any atom is -0.481 e. The number of hydrogen-bond donors (Lipinski definition) is 4. The number of carboxylic acid groups (broad SMARTS) is 1. The first kappa shape index (κ1) is 17.7. The average Bonchev–Trinajstić information content (AvgIpc) is 2.80. The van der Waals surface area contributed by atoms with Gasteiger partial charge in [-0.15, -0.1) is 0 Å². The van der Waals surface area contributed by atoms with Gasteiger partial charge in [-0.3, -0.25) is 4.79 Å². The minimum atomic E-state index is -1.08. The summed E-state index contributed by atoms with van der Waals surface area (Å²) in [6.45, 7) is 3.72. The molecule has 142 valence electrons. The first-order valence-electron chi connectivity index (χ1n) is 9.86. The van der Waals surface area contributed by atoms with Crippen LogP contribution in [0.3, 0.4) is 0 Å². The third-order valence-electron chi connectivity index (χ3n) is 9.32. The lowest BCUT2D eigenvalue weighted by Crippen LogP contribution is -2.68. The van der Waals surface area contributed by atoms with E-state index in [1.54, 1.807) is 0 Å². The lowest BCUT2D eigenvalue weighted by atomic mass is 9.39. The highest BCUT2D eigenvalue weighted by Crippen LogP contribution is 2.74. The molecule has 0 aromatic rings. The third-order valence-corrected chi connectivity index (χ3v) is 9.32. The molecule has 4 N–H and O–H groups in total. The molecule has 0 aromatic carbocycles. The third kappa shape index (κ3) is 1.87. The van der Waals surface area contributed by atoms with Crippen LogP contribution < -0.4 is 0 Å². The van der Waals surface area contributed by atoms with Gasteiger partial charge in [-0.1, -0.05) is 13.3 Å². The zero-order valence-corrected chi connectivity index (χ0v) is 15.4. The van der Waals surface area contributed by atoms with Crippen molar-refractivity contribution in [2.24, 2.45) is 28.1 Å². The van der Waals surface area contributed by atoms with E-state index in [2.05, 4.69) is 6.92 Å². The summed E-state index contributed by atoms with van der Waals surface area (Å²) in [5.41, 5.74) is -3.64. The van der Waals surface area contributed by atoms with E-state index in [4.69, 9.17) is 0 Å². The van der Waals surface area contributed by atoms with E-state index in [1.165, 1.54) is 0 Å². The van der Waals surface area contributed by atoms with E-state index >= 15 is 0 Å². The molecular formula is C20H32O5. The Bertz CT molecular complexity index is 607. The zero-order chi connectivity index (χ0) is 18.3. The van der Waals surface area contributed by atoms with Gasteiger partial charge in [0.25, 0.3) is 0 Å². The SMILES string of the molecule is C[C@@]1(C(=O)O)CCC[C@]2(C)[C@@H]1CC[C@@]13C[C@H](CC[C@]12O)[C@@](O)(CO)C3. The van der Waals surface area contributed by atoms with Crippen molar-refractivity contribution in [2.45, 2.75) is 82.8 Å². The fourth-order valence-corrected chi connectivity index (χ4v) is 7.95. The van der Waals surface area contributed by atoms with Gasteiger partial charge in [0.15, 0.2) is 0 Å². The summed E-state index contributed by atoms with van der Waals surface area (Å²) in [5.74, 6) is -0.733. The summed E-state index contributed by atoms with van der Waals surface area (Å²) in [5, 5.41) is 42.7. The van der Waals surface area contributed by atoms with Crippen molar-refractivity contribution in [2.75, 3.05) is 6.61 Å². The second kappa shape index (κ2) is 4.99. The van der Waals surface area contributed by atoms with Crippen molar-refractivity contribution < 1.29 is 25.2 Å². The van der Waals surface area contributed by atoms with E-state index in [1.807, 2.05) is 6.92 Å². The van der Waals surface area contributed by atoms with Gasteiger partial charge in [0.05, 0.1) is 23.2 Å². The summed E-state index contributed by atoms with van der Waals surface area (Å²) >= 11 is 0. The Morgan fingerprint density at radius 3 is 2.44 bits per heavy atom. The van der Waals surface area contributed by atoms with E-state index < -0.39 is 28.0 Å². The summed E-state index contributed by atoms with van der Waals surface area (Å²) in [7, 11) is 0. The van der Waals surface area contributed by atoms with Gasteiger partial charge in [0, 0.05) is 10.8 Å². The van der Waals surface area contributed by atoms with Gasteiger partial charge in [-0.2, -0.15) is 0 Å². The number of hydrogen-bond acceptors (Lipinski definition) is 4. The molecule has 0 radical (unpaired) electrons. The number of fused-ring (bicyclic) bond motifs is 3. The Hall–Kier alpha value is -0.650. The molecule has 0 amide bonds. The maximum atomic E-state index is 12.1. The zero-order valence-electron chi connectivity index (χ0n) is 15.4. The van der Waals surface area contributed by atoms with E-state index in [0.29, 0.717) is 25.7 Å².